The van der Waals surface area contributed by atoms with Gasteiger partial charge in [-0.15, -0.1) is 0 Å². The van der Waals surface area contributed by atoms with Gasteiger partial charge in [0.2, 0.25) is 0 Å². The molecule has 21 heavy (non-hydrogen) atoms. The maximum atomic E-state index is 10.7. The van der Waals surface area contributed by atoms with E-state index >= 15 is 0 Å². The fraction of sp³-hybridized carbons (Fsp3) is 0.125. The molecular formula is C16H15N3O2. The van der Waals surface area contributed by atoms with E-state index in [-0.39, 0.29) is 0 Å². The molecule has 0 aliphatic heterocycles. The molecule has 0 unspecified atom stereocenters. The van der Waals surface area contributed by atoms with Crippen LogP contribution < -0.4 is 0 Å². The minimum atomic E-state index is -0.949. The second kappa shape index (κ2) is 5.28. The Morgan fingerprint density at radius 3 is 3.05 bits per heavy atom. The number of H-pyrrole nitrogens is 1. The topological polar surface area (TPSA) is 70.9 Å². The van der Waals surface area contributed by atoms with E-state index in [4.69, 9.17) is 5.11 Å². The van der Waals surface area contributed by atoms with E-state index in [9.17, 15) is 4.79 Å². The molecule has 106 valence electrons. The highest BCUT2D eigenvalue weighted by Gasteiger charge is 2.11. The number of rotatable bonds is 4. The van der Waals surface area contributed by atoms with E-state index in [1.54, 1.807) is 18.6 Å². The molecule has 0 atom stereocenters. The lowest BCUT2D eigenvalue weighted by molar-refractivity contribution is -0.131. The molecule has 0 saturated carbocycles. The van der Waals surface area contributed by atoms with E-state index in [0.717, 1.165) is 33.8 Å². The third kappa shape index (κ3) is 2.58. The number of nitrogens with zero attached hydrogens (tertiary/aromatic N) is 2. The summed E-state index contributed by atoms with van der Waals surface area (Å²) < 4.78 is 1.99. The summed E-state index contributed by atoms with van der Waals surface area (Å²) in [6.45, 7) is 2.72. The van der Waals surface area contributed by atoms with E-state index in [1.165, 1.54) is 0 Å². The fourth-order valence-corrected chi connectivity index (χ4v) is 2.54. The molecule has 2 N–H and O–H groups in total. The molecule has 5 heteroatoms. The van der Waals surface area contributed by atoms with Crippen molar-refractivity contribution in [3.8, 4) is 0 Å². The van der Waals surface area contributed by atoms with Gasteiger partial charge in [0.05, 0.1) is 12.9 Å². The van der Waals surface area contributed by atoms with E-state index in [0.29, 0.717) is 6.54 Å². The number of hydrogen-bond donors (Lipinski definition) is 2. The number of carboxylic acids is 1. The highest BCUT2D eigenvalue weighted by atomic mass is 16.4. The maximum absolute atomic E-state index is 10.7. The number of aromatic nitrogens is 3. The average Bonchev–Trinajstić information content (AvgIpc) is 3.06. The van der Waals surface area contributed by atoms with Crippen LogP contribution in [0.4, 0.5) is 0 Å². The van der Waals surface area contributed by atoms with Crippen LogP contribution in [0, 0.1) is 6.92 Å². The lowest BCUT2D eigenvalue weighted by atomic mass is 10.0. The van der Waals surface area contributed by atoms with Gasteiger partial charge in [0.25, 0.3) is 0 Å². The van der Waals surface area contributed by atoms with Gasteiger partial charge in [0.1, 0.15) is 0 Å². The Morgan fingerprint density at radius 2 is 2.33 bits per heavy atom. The van der Waals surface area contributed by atoms with Crippen molar-refractivity contribution in [1.82, 2.24) is 14.5 Å². The van der Waals surface area contributed by atoms with Gasteiger partial charge in [0, 0.05) is 40.6 Å². The predicted octanol–water partition coefficient (Wildman–Crippen LogP) is 2.82. The molecule has 0 amide bonds. The maximum Gasteiger partial charge on any atom is 0.328 e. The van der Waals surface area contributed by atoms with Crippen LogP contribution in [0.25, 0.3) is 17.0 Å². The van der Waals surface area contributed by atoms with E-state index in [2.05, 4.69) is 9.97 Å². The number of carboxylic acid groups (broad SMARTS) is 1. The van der Waals surface area contributed by atoms with Gasteiger partial charge in [-0.2, -0.15) is 0 Å². The number of hydrogen-bond acceptors (Lipinski definition) is 2. The molecular weight excluding hydrogens is 266 g/mol. The van der Waals surface area contributed by atoms with Crippen LogP contribution in [0.5, 0.6) is 0 Å². The summed E-state index contributed by atoms with van der Waals surface area (Å²) in [5.41, 5.74) is 4.13. The molecule has 3 aromatic rings. The minimum Gasteiger partial charge on any atom is -0.478 e. The van der Waals surface area contributed by atoms with Gasteiger partial charge in [-0.05, 0) is 24.6 Å². The molecule has 0 bridgehead atoms. The summed E-state index contributed by atoms with van der Waals surface area (Å²) in [5, 5.41) is 9.88. The number of aryl methyl sites for hydroxylation is 1. The number of aliphatic carboxylic acids is 1. The third-order valence-electron chi connectivity index (χ3n) is 3.48. The zero-order valence-electron chi connectivity index (χ0n) is 11.6. The van der Waals surface area contributed by atoms with E-state index in [1.807, 2.05) is 35.9 Å². The Labute approximate surface area is 121 Å². The fourth-order valence-electron chi connectivity index (χ4n) is 2.54. The molecule has 5 nitrogen and oxygen atoms in total. The molecule has 0 radical (unpaired) electrons. The smallest absolute Gasteiger partial charge is 0.328 e. The first-order valence-electron chi connectivity index (χ1n) is 6.62. The highest BCUT2D eigenvalue weighted by Crippen LogP contribution is 2.27. The zero-order chi connectivity index (χ0) is 14.8. The lowest BCUT2D eigenvalue weighted by Crippen LogP contribution is -1.98. The SMILES string of the molecule is Cc1[nH]c2cccc(/C=C/C(=O)O)c2c1Cn1ccnc1. The van der Waals surface area contributed by atoms with Gasteiger partial charge in [-0.1, -0.05) is 12.1 Å². The summed E-state index contributed by atoms with van der Waals surface area (Å²) in [5.74, 6) is -0.949. The Kier molecular flexibility index (Phi) is 3.31. The van der Waals surface area contributed by atoms with Gasteiger partial charge in [0.15, 0.2) is 0 Å². The number of imidazole rings is 1. The molecule has 2 aromatic heterocycles. The van der Waals surface area contributed by atoms with Crippen LogP contribution in [0.15, 0.2) is 43.0 Å². The normalized spacial score (nSPS) is 11.5. The second-order valence-electron chi connectivity index (χ2n) is 4.90. The molecule has 0 spiro atoms. The van der Waals surface area contributed by atoms with Crippen LogP contribution in [0.3, 0.4) is 0 Å². The van der Waals surface area contributed by atoms with Crippen LogP contribution in [-0.4, -0.2) is 25.6 Å². The quantitative estimate of drug-likeness (QED) is 0.722. The van der Waals surface area contributed by atoms with Crippen molar-refractivity contribution in [2.24, 2.45) is 0 Å². The van der Waals surface area contributed by atoms with Crippen molar-refractivity contribution in [2.75, 3.05) is 0 Å². The number of fused-ring (bicyclic) bond motifs is 1. The van der Waals surface area contributed by atoms with Crippen LogP contribution in [0.2, 0.25) is 0 Å². The molecule has 1 aromatic carbocycles. The van der Waals surface area contributed by atoms with Crippen molar-refractivity contribution < 1.29 is 9.90 Å². The van der Waals surface area contributed by atoms with Gasteiger partial charge in [-0.3, -0.25) is 0 Å². The second-order valence-corrected chi connectivity index (χ2v) is 4.90. The molecule has 3 rings (SSSR count). The molecule has 0 saturated heterocycles. The molecule has 0 aliphatic rings. The van der Waals surface area contributed by atoms with E-state index < -0.39 is 5.97 Å². The number of benzene rings is 1. The lowest BCUT2D eigenvalue weighted by Gasteiger charge is -2.05. The Morgan fingerprint density at radius 1 is 1.48 bits per heavy atom. The first kappa shape index (κ1) is 13.2. The van der Waals surface area contributed by atoms with Crippen molar-refractivity contribution in [2.45, 2.75) is 13.5 Å². The molecule has 0 aliphatic carbocycles. The summed E-state index contributed by atoms with van der Waals surface area (Å²) in [4.78, 5) is 18.2. The first-order valence-corrected chi connectivity index (χ1v) is 6.62. The summed E-state index contributed by atoms with van der Waals surface area (Å²) in [7, 11) is 0. The monoisotopic (exact) mass is 281 g/mol. The molecule has 0 fully saturated rings. The van der Waals surface area contributed by atoms with Gasteiger partial charge in [-0.25, -0.2) is 9.78 Å². The van der Waals surface area contributed by atoms with Gasteiger partial charge < -0.3 is 14.7 Å². The summed E-state index contributed by atoms with van der Waals surface area (Å²) in [6.07, 6.45) is 8.23. The minimum absolute atomic E-state index is 0.698. The average molecular weight is 281 g/mol. The van der Waals surface area contributed by atoms with Crippen molar-refractivity contribution >= 4 is 22.9 Å². The number of aromatic amines is 1. The highest BCUT2D eigenvalue weighted by molar-refractivity contribution is 5.95. The van der Waals surface area contributed by atoms with Crippen molar-refractivity contribution in [1.29, 1.82) is 0 Å². The Balaban J connectivity index is 2.14. The largest absolute Gasteiger partial charge is 0.478 e. The first-order chi connectivity index (χ1) is 10.1. The van der Waals surface area contributed by atoms with Crippen molar-refractivity contribution in [3.63, 3.8) is 0 Å². The third-order valence-corrected chi connectivity index (χ3v) is 3.48. The van der Waals surface area contributed by atoms with Crippen LogP contribution in [-0.2, 0) is 11.3 Å². The Hall–Kier alpha value is -2.82. The summed E-state index contributed by atoms with van der Waals surface area (Å²) in [6, 6.07) is 5.84. The molecule has 2 heterocycles. The van der Waals surface area contributed by atoms with Crippen LogP contribution >= 0.6 is 0 Å². The number of carbonyl (C=O) groups is 1. The number of nitrogens with one attached hydrogen (secondary N) is 1. The van der Waals surface area contributed by atoms with Crippen molar-refractivity contribution in [3.05, 3.63) is 59.8 Å². The predicted molar refractivity (Wildman–Crippen MR) is 81.0 cm³/mol. The zero-order valence-corrected chi connectivity index (χ0v) is 11.6. The Bertz CT molecular complexity index is 814. The summed E-state index contributed by atoms with van der Waals surface area (Å²) >= 11 is 0. The van der Waals surface area contributed by atoms with Gasteiger partial charge >= 0.3 is 5.97 Å². The van der Waals surface area contributed by atoms with Crippen LogP contribution in [0.1, 0.15) is 16.8 Å². The standard InChI is InChI=1S/C16H15N3O2/c1-11-13(9-19-8-7-17-10-19)16-12(5-6-15(20)21)3-2-4-14(16)18-11/h2-8,10,18H,9H2,1H3,(H,20,21)/b6-5+.